The van der Waals surface area contributed by atoms with E-state index in [9.17, 15) is 0 Å². The van der Waals surface area contributed by atoms with E-state index in [1.54, 1.807) is 0 Å². The number of fused-ring (bicyclic) bond motifs is 13. The third-order valence-corrected chi connectivity index (χ3v) is 13.4. The van der Waals surface area contributed by atoms with Crippen LogP contribution in [0, 0.1) is 0 Å². The van der Waals surface area contributed by atoms with E-state index in [1.807, 2.05) is 0 Å². The summed E-state index contributed by atoms with van der Waals surface area (Å²) in [6, 6.07) is 78.5. The quantitative estimate of drug-likeness (QED) is 0.169. The van der Waals surface area contributed by atoms with Crippen LogP contribution in [0.4, 0.5) is 0 Å². The number of hydrogen-bond acceptors (Lipinski definition) is 0. The second-order valence-corrected chi connectivity index (χ2v) is 16.5. The van der Waals surface area contributed by atoms with E-state index in [1.165, 1.54) is 126 Å². The highest BCUT2D eigenvalue weighted by molar-refractivity contribution is 6.24. The fourth-order valence-corrected chi connectivity index (χ4v) is 10.8. The highest BCUT2D eigenvalue weighted by atomic mass is 15.0. The standard InChI is InChI=1S/C58H35N3/c1-2-14-38(15-3-1)59-52-22-10-6-18-44(52)48-32-36(26-30-56(48)59)40-28-29-41(43-17-5-4-16-42(40)43)37-27-31-57-49(33-37)45-19-7-11-23-53(45)60(57)39-34-50-46-20-8-12-24-54(46)61-55-25-13-9-21-47(55)51(35-39)58(50)61/h1-35H. The highest BCUT2D eigenvalue weighted by Gasteiger charge is 2.21. The number of nitrogens with zero attached hydrogens (tertiary/aromatic N) is 3. The molecule has 0 aliphatic rings. The summed E-state index contributed by atoms with van der Waals surface area (Å²) < 4.78 is 7.31. The Balaban J connectivity index is 0.950. The van der Waals surface area contributed by atoms with E-state index in [4.69, 9.17) is 0 Å². The van der Waals surface area contributed by atoms with Crippen molar-refractivity contribution in [3.05, 3.63) is 212 Å². The normalized spacial score (nSPS) is 12.3. The number of rotatable bonds is 4. The van der Waals surface area contributed by atoms with Crippen LogP contribution >= 0.6 is 0 Å². The van der Waals surface area contributed by atoms with Crippen molar-refractivity contribution < 1.29 is 0 Å². The molecular weight excluding hydrogens is 739 g/mol. The van der Waals surface area contributed by atoms with Crippen LogP contribution in [0.3, 0.4) is 0 Å². The molecule has 0 aliphatic carbocycles. The summed E-state index contributed by atoms with van der Waals surface area (Å²) in [7, 11) is 0. The molecule has 0 atom stereocenters. The van der Waals surface area contributed by atoms with Crippen molar-refractivity contribution >= 4 is 92.5 Å². The third kappa shape index (κ3) is 4.47. The Labute approximate surface area is 350 Å². The van der Waals surface area contributed by atoms with E-state index in [-0.39, 0.29) is 0 Å². The molecule has 282 valence electrons. The minimum Gasteiger partial charge on any atom is -0.309 e. The molecule has 0 fully saturated rings. The molecule has 0 unspecified atom stereocenters. The van der Waals surface area contributed by atoms with Gasteiger partial charge in [-0.3, -0.25) is 0 Å². The number of para-hydroxylation sites is 5. The smallest absolute Gasteiger partial charge is 0.0622 e. The van der Waals surface area contributed by atoms with Crippen molar-refractivity contribution in [2.24, 2.45) is 0 Å². The molecule has 61 heavy (non-hydrogen) atoms. The van der Waals surface area contributed by atoms with Gasteiger partial charge in [0.15, 0.2) is 0 Å². The second-order valence-electron chi connectivity index (χ2n) is 16.5. The zero-order valence-electron chi connectivity index (χ0n) is 33.0. The molecule has 4 aromatic heterocycles. The van der Waals surface area contributed by atoms with Crippen LogP contribution < -0.4 is 0 Å². The third-order valence-electron chi connectivity index (χ3n) is 13.4. The van der Waals surface area contributed by atoms with Crippen molar-refractivity contribution in [1.29, 1.82) is 0 Å². The van der Waals surface area contributed by atoms with Crippen LogP contribution in [-0.2, 0) is 0 Å². The summed E-state index contributed by atoms with van der Waals surface area (Å²) in [5, 5.41) is 12.7. The lowest BCUT2D eigenvalue weighted by Crippen LogP contribution is -1.94. The van der Waals surface area contributed by atoms with Crippen molar-refractivity contribution in [3.8, 4) is 33.6 Å². The van der Waals surface area contributed by atoms with Crippen LogP contribution in [-0.4, -0.2) is 13.5 Å². The maximum absolute atomic E-state index is 2.48. The van der Waals surface area contributed by atoms with Crippen LogP contribution in [0.5, 0.6) is 0 Å². The zero-order chi connectivity index (χ0) is 39.8. The molecule has 0 saturated carbocycles. The average molecular weight is 774 g/mol. The Morgan fingerprint density at radius 1 is 0.230 bits per heavy atom. The Bertz CT molecular complexity index is 4020. The van der Waals surface area contributed by atoms with Crippen LogP contribution in [0.15, 0.2) is 212 Å². The van der Waals surface area contributed by atoms with Gasteiger partial charge in [-0.1, -0.05) is 140 Å². The van der Waals surface area contributed by atoms with Gasteiger partial charge in [0, 0.05) is 54.5 Å². The first kappa shape index (κ1) is 32.8. The Morgan fingerprint density at radius 3 is 1.10 bits per heavy atom. The average Bonchev–Trinajstić information content (AvgIpc) is 4.05. The fraction of sp³-hybridized carbons (Fsp3) is 0. The van der Waals surface area contributed by atoms with E-state index < -0.39 is 0 Å². The minimum absolute atomic E-state index is 1.17. The first-order valence-electron chi connectivity index (χ1n) is 21.1. The van der Waals surface area contributed by atoms with Gasteiger partial charge in [0.25, 0.3) is 0 Å². The van der Waals surface area contributed by atoms with Crippen LogP contribution in [0.1, 0.15) is 0 Å². The molecule has 0 spiro atoms. The number of aromatic nitrogens is 3. The fourth-order valence-electron chi connectivity index (χ4n) is 10.8. The molecule has 0 amide bonds. The molecule has 0 radical (unpaired) electrons. The van der Waals surface area contributed by atoms with Crippen molar-refractivity contribution in [3.63, 3.8) is 0 Å². The van der Waals surface area contributed by atoms with Gasteiger partial charge in [0.05, 0.1) is 38.6 Å². The minimum atomic E-state index is 1.17. The number of hydrogen-bond donors (Lipinski definition) is 0. The van der Waals surface area contributed by atoms with E-state index in [0.717, 1.165) is 0 Å². The highest BCUT2D eigenvalue weighted by Crippen LogP contribution is 2.44. The largest absolute Gasteiger partial charge is 0.309 e. The summed E-state index contributed by atoms with van der Waals surface area (Å²) >= 11 is 0. The first-order chi connectivity index (χ1) is 30.3. The summed E-state index contributed by atoms with van der Waals surface area (Å²) in [6.45, 7) is 0. The second kappa shape index (κ2) is 12.2. The Morgan fingerprint density at radius 2 is 0.607 bits per heavy atom. The Kier molecular flexibility index (Phi) is 6.56. The summed E-state index contributed by atoms with van der Waals surface area (Å²) in [6.07, 6.45) is 0. The van der Waals surface area contributed by atoms with Gasteiger partial charge in [0.1, 0.15) is 0 Å². The van der Waals surface area contributed by atoms with Gasteiger partial charge < -0.3 is 13.5 Å². The lowest BCUT2D eigenvalue weighted by atomic mass is 9.91. The van der Waals surface area contributed by atoms with Gasteiger partial charge >= 0.3 is 0 Å². The maximum atomic E-state index is 2.48. The molecule has 0 N–H and O–H groups in total. The van der Waals surface area contributed by atoms with Crippen molar-refractivity contribution in [1.82, 2.24) is 13.5 Å². The Hall–Kier alpha value is -8.14. The van der Waals surface area contributed by atoms with E-state index in [2.05, 4.69) is 226 Å². The predicted octanol–water partition coefficient (Wildman–Crippen LogP) is 15.5. The van der Waals surface area contributed by atoms with E-state index >= 15 is 0 Å². The molecular formula is C58H35N3. The summed E-state index contributed by atoms with van der Waals surface area (Å²) in [4.78, 5) is 0. The SMILES string of the molecule is c1ccc(-n2c3ccccc3c3cc(-c4ccc(-c5ccc6c(c5)c5ccccc5n6-c5cc6c7ccccc7n7c8ccccc8c(c5)c67)c5ccccc45)ccc32)cc1. The van der Waals surface area contributed by atoms with Crippen molar-refractivity contribution in [2.75, 3.05) is 0 Å². The van der Waals surface area contributed by atoms with Gasteiger partial charge in [-0.15, -0.1) is 0 Å². The van der Waals surface area contributed by atoms with Gasteiger partial charge in [-0.05, 0) is 106 Å². The molecule has 4 heterocycles. The molecule has 14 rings (SSSR count). The van der Waals surface area contributed by atoms with E-state index in [0.29, 0.717) is 0 Å². The molecule has 0 bridgehead atoms. The van der Waals surface area contributed by atoms with Crippen molar-refractivity contribution in [2.45, 2.75) is 0 Å². The maximum Gasteiger partial charge on any atom is 0.0622 e. The summed E-state index contributed by atoms with van der Waals surface area (Å²) in [5.74, 6) is 0. The lowest BCUT2D eigenvalue weighted by molar-refractivity contribution is 1.18. The molecule has 3 nitrogen and oxygen atoms in total. The summed E-state index contributed by atoms with van der Waals surface area (Å²) in [5.41, 5.74) is 15.9. The molecule has 10 aromatic carbocycles. The van der Waals surface area contributed by atoms with Crippen LogP contribution in [0.25, 0.3) is 126 Å². The zero-order valence-corrected chi connectivity index (χ0v) is 33.0. The first-order valence-corrected chi connectivity index (χ1v) is 21.1. The monoisotopic (exact) mass is 773 g/mol. The van der Waals surface area contributed by atoms with Crippen LogP contribution in [0.2, 0.25) is 0 Å². The molecule has 14 aromatic rings. The molecule has 0 saturated heterocycles. The number of benzene rings is 10. The topological polar surface area (TPSA) is 14.3 Å². The van der Waals surface area contributed by atoms with Gasteiger partial charge in [0.2, 0.25) is 0 Å². The lowest BCUT2D eigenvalue weighted by Gasteiger charge is -2.14. The van der Waals surface area contributed by atoms with Gasteiger partial charge in [-0.25, -0.2) is 0 Å². The molecule has 3 heteroatoms. The van der Waals surface area contributed by atoms with Gasteiger partial charge in [-0.2, -0.15) is 0 Å². The predicted molar refractivity (Wildman–Crippen MR) is 258 cm³/mol. The molecule has 0 aliphatic heterocycles.